The van der Waals surface area contributed by atoms with Gasteiger partial charge in [0, 0.05) is 0 Å². The van der Waals surface area contributed by atoms with Gasteiger partial charge < -0.3 is 0 Å². The summed E-state index contributed by atoms with van der Waals surface area (Å²) in [5, 5.41) is 0. The standard InChI is InChI=1S/C15H27P.2ClH.Ru/c1-2-8-13(7-1)16(14-9-3-4-10-14)15-11-5-6-12-15;;;/h13-15H,1-12H2;2*1H;/q;;;+2/p-2. The molecule has 0 atom stereocenters. The van der Waals surface area contributed by atoms with Crippen LogP contribution in [0.2, 0.25) is 0 Å². The summed E-state index contributed by atoms with van der Waals surface area (Å²) in [6, 6.07) is 0. The molecule has 0 aliphatic heterocycles. The van der Waals surface area contributed by atoms with Crippen molar-refractivity contribution in [3.63, 3.8) is 0 Å². The summed E-state index contributed by atoms with van der Waals surface area (Å²) in [7, 11) is 10.1. The Morgan fingerprint density at radius 1 is 0.579 bits per heavy atom. The van der Waals surface area contributed by atoms with Crippen molar-refractivity contribution in [1.82, 2.24) is 0 Å². The second-order valence-corrected chi connectivity index (χ2v) is 12.0. The van der Waals surface area contributed by atoms with Crippen molar-refractivity contribution in [3.05, 3.63) is 0 Å². The van der Waals surface area contributed by atoms with E-state index in [2.05, 4.69) is 0 Å². The van der Waals surface area contributed by atoms with E-state index in [-0.39, 0.29) is 15.1 Å². The Balaban J connectivity index is 0.000000408. The first kappa shape index (κ1) is 17.0. The van der Waals surface area contributed by atoms with Gasteiger partial charge in [-0.1, -0.05) is 46.4 Å². The minimum atomic E-state index is -0.346. The molecule has 0 N–H and O–H groups in total. The maximum absolute atomic E-state index is 4.85. The van der Waals surface area contributed by atoms with Crippen LogP contribution in [0.4, 0.5) is 0 Å². The van der Waals surface area contributed by atoms with E-state index < -0.39 is 0 Å². The first-order chi connectivity index (χ1) is 9.36. The fraction of sp³-hybridized carbons (Fsp3) is 1.00. The third kappa shape index (κ3) is 5.09. The molecule has 0 saturated heterocycles. The van der Waals surface area contributed by atoms with Gasteiger partial charge in [0.2, 0.25) is 0 Å². The molecule has 3 fully saturated rings. The van der Waals surface area contributed by atoms with Crippen molar-refractivity contribution in [2.24, 2.45) is 0 Å². The first-order valence-electron chi connectivity index (χ1n) is 7.99. The van der Waals surface area contributed by atoms with Crippen LogP contribution < -0.4 is 0 Å². The maximum atomic E-state index is 4.85. The van der Waals surface area contributed by atoms with E-state index in [1.165, 1.54) is 17.0 Å². The Morgan fingerprint density at radius 2 is 0.789 bits per heavy atom. The molecular weight excluding hydrogens is 383 g/mol. The van der Waals surface area contributed by atoms with E-state index in [0.717, 1.165) is 0 Å². The van der Waals surface area contributed by atoms with Crippen molar-refractivity contribution >= 4 is 27.3 Å². The molecule has 0 aromatic carbocycles. The van der Waals surface area contributed by atoms with Crippen LogP contribution in [0, 0.1) is 0 Å². The van der Waals surface area contributed by atoms with E-state index in [4.69, 9.17) is 19.4 Å². The first-order valence-corrected chi connectivity index (χ1v) is 14.0. The molecule has 0 aromatic heterocycles. The van der Waals surface area contributed by atoms with Crippen LogP contribution >= 0.6 is 27.3 Å². The molecule has 0 unspecified atom stereocenters. The molecule has 0 aromatic rings. The normalized spacial score (nSPS) is 26.3. The van der Waals surface area contributed by atoms with Gasteiger partial charge in [-0.15, -0.1) is 0 Å². The number of halogens is 2. The predicted molar refractivity (Wildman–Crippen MR) is 85.4 cm³/mol. The summed E-state index contributed by atoms with van der Waals surface area (Å²) in [4.78, 5) is 0. The fourth-order valence-electron chi connectivity index (χ4n) is 4.50. The van der Waals surface area contributed by atoms with Crippen molar-refractivity contribution in [1.29, 1.82) is 0 Å². The van der Waals surface area contributed by atoms with E-state index >= 15 is 0 Å². The molecule has 0 spiro atoms. The Labute approximate surface area is 136 Å². The van der Waals surface area contributed by atoms with Gasteiger partial charge in [0.05, 0.1) is 0 Å². The van der Waals surface area contributed by atoms with E-state index in [9.17, 15) is 0 Å². The van der Waals surface area contributed by atoms with E-state index in [1.54, 1.807) is 77.0 Å². The summed E-state index contributed by atoms with van der Waals surface area (Å²) in [5.74, 6) is 0. The van der Waals surface area contributed by atoms with E-state index in [1.807, 2.05) is 0 Å². The van der Waals surface area contributed by atoms with Crippen LogP contribution in [0.1, 0.15) is 77.0 Å². The quantitative estimate of drug-likeness (QED) is 0.360. The minimum absolute atomic E-state index is 0.346. The van der Waals surface area contributed by atoms with Gasteiger partial charge in [-0.3, -0.25) is 0 Å². The van der Waals surface area contributed by atoms with Gasteiger partial charge in [0.15, 0.2) is 0 Å². The Bertz CT molecular complexity index is 196. The predicted octanol–water partition coefficient (Wildman–Crippen LogP) is 6.67. The van der Waals surface area contributed by atoms with Gasteiger partial charge in [0.25, 0.3) is 0 Å². The zero-order chi connectivity index (χ0) is 13.5. The molecule has 0 amide bonds. The number of rotatable bonds is 3. The van der Waals surface area contributed by atoms with Crippen LogP contribution in [-0.4, -0.2) is 17.0 Å². The molecule has 3 saturated carbocycles. The molecule has 0 heterocycles. The summed E-state index contributed by atoms with van der Waals surface area (Å²) >= 11 is -0.346. The zero-order valence-electron chi connectivity index (χ0n) is 11.8. The third-order valence-corrected chi connectivity index (χ3v) is 9.32. The van der Waals surface area contributed by atoms with Crippen LogP contribution in [0.25, 0.3) is 0 Å². The zero-order valence-corrected chi connectivity index (χ0v) is 15.9. The van der Waals surface area contributed by atoms with Crippen LogP contribution in [-0.2, 0) is 15.1 Å². The molecule has 19 heavy (non-hydrogen) atoms. The molecule has 3 aliphatic carbocycles. The van der Waals surface area contributed by atoms with Gasteiger partial charge in [-0.25, -0.2) is 0 Å². The third-order valence-electron chi connectivity index (χ3n) is 5.24. The number of hydrogen-bond donors (Lipinski definition) is 0. The van der Waals surface area contributed by atoms with Gasteiger partial charge in [-0.05, 0) is 55.5 Å². The van der Waals surface area contributed by atoms with Crippen LogP contribution in [0.15, 0.2) is 0 Å². The van der Waals surface area contributed by atoms with Gasteiger partial charge in [-0.2, -0.15) is 0 Å². The summed E-state index contributed by atoms with van der Waals surface area (Å²) in [6.07, 6.45) is 19.0. The molecule has 0 bridgehead atoms. The summed E-state index contributed by atoms with van der Waals surface area (Å²) in [5.41, 5.74) is 3.63. The topological polar surface area (TPSA) is 0 Å². The summed E-state index contributed by atoms with van der Waals surface area (Å²) < 4.78 is 0. The Hall–Kier alpha value is 1.63. The Morgan fingerprint density at radius 3 is 1.00 bits per heavy atom. The number of hydrogen-bond acceptors (Lipinski definition) is 0. The monoisotopic (exact) mass is 410 g/mol. The second kappa shape index (κ2) is 9.61. The second-order valence-electron chi connectivity index (χ2n) is 6.31. The van der Waals surface area contributed by atoms with Crippen molar-refractivity contribution in [2.75, 3.05) is 0 Å². The summed E-state index contributed by atoms with van der Waals surface area (Å²) in [6.45, 7) is 0. The van der Waals surface area contributed by atoms with Gasteiger partial charge in [0.1, 0.15) is 0 Å². The average Bonchev–Trinajstić information content (AvgIpc) is 3.15. The Kier molecular flexibility index (Phi) is 8.60. The van der Waals surface area contributed by atoms with E-state index in [0.29, 0.717) is 7.92 Å². The van der Waals surface area contributed by atoms with Gasteiger partial charge >= 0.3 is 34.5 Å². The average molecular weight is 410 g/mol. The van der Waals surface area contributed by atoms with Crippen molar-refractivity contribution in [3.8, 4) is 0 Å². The molecule has 0 nitrogen and oxygen atoms in total. The SMILES string of the molecule is C1CCC(P(C2CCCC2)C2CCCC2)C1.[Cl][Ru][Cl]. The molecular formula is C15H27Cl2PRu. The molecule has 114 valence electrons. The van der Waals surface area contributed by atoms with Crippen LogP contribution in [0.3, 0.4) is 0 Å². The van der Waals surface area contributed by atoms with Crippen molar-refractivity contribution in [2.45, 2.75) is 94.0 Å². The van der Waals surface area contributed by atoms with Crippen LogP contribution in [0.5, 0.6) is 0 Å². The fourth-order valence-corrected chi connectivity index (χ4v) is 9.17. The molecule has 4 heteroatoms. The molecule has 0 radical (unpaired) electrons. The van der Waals surface area contributed by atoms with Crippen molar-refractivity contribution < 1.29 is 15.1 Å². The molecule has 3 rings (SSSR count). The molecule has 3 aliphatic rings.